The molecule has 0 radical (unpaired) electrons. The molecule has 0 bridgehead atoms. The first-order chi connectivity index (χ1) is 11.2. The lowest BCUT2D eigenvalue weighted by molar-refractivity contribution is 0.0636. The normalized spacial score (nSPS) is 15.8. The average Bonchev–Trinajstić information content (AvgIpc) is 3.04. The highest BCUT2D eigenvalue weighted by atomic mass is 19.3. The van der Waals surface area contributed by atoms with E-state index in [0.717, 1.165) is 4.57 Å². The molecular weight excluding hydrogens is 304 g/mol. The van der Waals surface area contributed by atoms with E-state index in [-0.39, 0.29) is 0 Å². The molecule has 0 atom stereocenters. The van der Waals surface area contributed by atoms with Gasteiger partial charge < -0.3 is 4.90 Å². The van der Waals surface area contributed by atoms with Crippen molar-refractivity contribution in [1.29, 1.82) is 5.26 Å². The van der Waals surface area contributed by atoms with E-state index < -0.39 is 6.55 Å². The Balaban J connectivity index is 1.63. The summed E-state index contributed by atoms with van der Waals surface area (Å²) in [5.41, 5.74) is 0.300. The predicted octanol–water partition coefficient (Wildman–Crippen LogP) is 1.26. The van der Waals surface area contributed by atoms with E-state index in [1.54, 1.807) is 6.20 Å². The lowest BCUT2D eigenvalue weighted by Gasteiger charge is -2.35. The minimum Gasteiger partial charge on any atom is -0.352 e. The number of alkyl halides is 2. The number of anilines is 1. The van der Waals surface area contributed by atoms with E-state index in [0.29, 0.717) is 50.1 Å². The first-order valence-electron chi connectivity index (χ1n) is 7.17. The second kappa shape index (κ2) is 6.66. The first kappa shape index (κ1) is 15.3. The van der Waals surface area contributed by atoms with Gasteiger partial charge in [-0.3, -0.25) is 9.47 Å². The molecule has 0 aromatic carbocycles. The minimum absolute atomic E-state index is 0.300. The molecule has 2 aromatic heterocycles. The zero-order valence-corrected chi connectivity index (χ0v) is 12.3. The van der Waals surface area contributed by atoms with Gasteiger partial charge in [0.05, 0.1) is 6.54 Å². The Morgan fingerprint density at radius 2 is 1.83 bits per heavy atom. The maximum absolute atomic E-state index is 12.8. The van der Waals surface area contributed by atoms with Crippen LogP contribution >= 0.6 is 0 Å². The molecular formula is C14H15F2N7. The zero-order chi connectivity index (χ0) is 16.2. The van der Waals surface area contributed by atoms with Crippen molar-refractivity contribution in [2.45, 2.75) is 13.1 Å². The van der Waals surface area contributed by atoms with E-state index in [1.807, 2.05) is 11.0 Å². The Kier molecular flexibility index (Phi) is 4.43. The number of imidazole rings is 1. The van der Waals surface area contributed by atoms with Crippen molar-refractivity contribution in [2.75, 3.05) is 31.1 Å². The van der Waals surface area contributed by atoms with Gasteiger partial charge in [-0.2, -0.15) is 14.0 Å². The summed E-state index contributed by atoms with van der Waals surface area (Å²) in [7, 11) is 0. The molecule has 0 aliphatic carbocycles. The number of aromatic nitrogens is 4. The summed E-state index contributed by atoms with van der Waals surface area (Å²) < 4.78 is 26.5. The fourth-order valence-corrected chi connectivity index (χ4v) is 2.60. The van der Waals surface area contributed by atoms with Gasteiger partial charge in [0, 0.05) is 51.0 Å². The second-order valence-corrected chi connectivity index (χ2v) is 5.13. The van der Waals surface area contributed by atoms with Crippen LogP contribution in [-0.2, 0) is 6.54 Å². The van der Waals surface area contributed by atoms with E-state index in [4.69, 9.17) is 5.26 Å². The summed E-state index contributed by atoms with van der Waals surface area (Å²) in [6, 6.07) is 2.03. The number of nitrogens with zero attached hydrogens (tertiary/aromatic N) is 7. The van der Waals surface area contributed by atoms with Gasteiger partial charge in [-0.25, -0.2) is 15.0 Å². The first-order valence-corrected chi connectivity index (χ1v) is 7.17. The lowest BCUT2D eigenvalue weighted by atomic mass is 10.3. The van der Waals surface area contributed by atoms with Gasteiger partial charge in [0.2, 0.25) is 0 Å². The number of hydrogen-bond donors (Lipinski definition) is 0. The standard InChI is InChI=1S/C14H15F2N7/c15-14(16)23-4-3-19-12(23)10-21-5-7-22(8-6-21)13-11(9-17)18-1-2-20-13/h1-4,14H,5-8,10H2. The molecule has 1 fully saturated rings. The van der Waals surface area contributed by atoms with E-state index in [2.05, 4.69) is 19.9 Å². The average molecular weight is 319 g/mol. The highest BCUT2D eigenvalue weighted by Gasteiger charge is 2.22. The van der Waals surface area contributed by atoms with Crippen LogP contribution in [0.25, 0.3) is 0 Å². The maximum Gasteiger partial charge on any atom is 0.319 e. The van der Waals surface area contributed by atoms with Gasteiger partial charge in [-0.1, -0.05) is 0 Å². The smallest absolute Gasteiger partial charge is 0.319 e. The van der Waals surface area contributed by atoms with Crippen LogP contribution in [-0.4, -0.2) is 50.6 Å². The van der Waals surface area contributed by atoms with Gasteiger partial charge in [0.25, 0.3) is 0 Å². The third-order valence-electron chi connectivity index (χ3n) is 3.78. The largest absolute Gasteiger partial charge is 0.352 e. The van der Waals surface area contributed by atoms with Crippen LogP contribution in [0.2, 0.25) is 0 Å². The molecule has 2 aromatic rings. The third kappa shape index (κ3) is 3.27. The summed E-state index contributed by atoms with van der Waals surface area (Å²) in [5.74, 6) is 0.925. The van der Waals surface area contributed by atoms with Crippen molar-refractivity contribution in [3.05, 3.63) is 36.3 Å². The molecule has 0 spiro atoms. The summed E-state index contributed by atoms with van der Waals surface area (Å²) in [6.45, 7) is 0.462. The van der Waals surface area contributed by atoms with E-state index in [1.165, 1.54) is 18.6 Å². The zero-order valence-electron chi connectivity index (χ0n) is 12.3. The van der Waals surface area contributed by atoms with Gasteiger partial charge in [0.1, 0.15) is 11.9 Å². The van der Waals surface area contributed by atoms with Crippen LogP contribution < -0.4 is 4.90 Å². The molecule has 3 heterocycles. The Bertz CT molecular complexity index is 701. The molecule has 0 N–H and O–H groups in total. The van der Waals surface area contributed by atoms with Gasteiger partial charge in [-0.15, -0.1) is 0 Å². The fourth-order valence-electron chi connectivity index (χ4n) is 2.60. The van der Waals surface area contributed by atoms with Crippen LogP contribution in [0.1, 0.15) is 18.1 Å². The number of rotatable bonds is 4. The van der Waals surface area contributed by atoms with Crippen LogP contribution in [0, 0.1) is 11.3 Å². The van der Waals surface area contributed by atoms with Crippen molar-refractivity contribution in [3.8, 4) is 6.07 Å². The second-order valence-electron chi connectivity index (χ2n) is 5.13. The molecule has 1 aliphatic rings. The summed E-state index contributed by atoms with van der Waals surface area (Å²) in [4.78, 5) is 16.3. The molecule has 7 nitrogen and oxygen atoms in total. The Morgan fingerprint density at radius 1 is 1.09 bits per heavy atom. The molecule has 0 saturated carbocycles. The topological polar surface area (TPSA) is 73.9 Å². The monoisotopic (exact) mass is 319 g/mol. The molecule has 120 valence electrons. The Labute approximate surface area is 131 Å². The van der Waals surface area contributed by atoms with Crippen molar-refractivity contribution in [3.63, 3.8) is 0 Å². The summed E-state index contributed by atoms with van der Waals surface area (Å²) in [6.07, 6.45) is 5.72. The highest BCUT2D eigenvalue weighted by Crippen LogP contribution is 2.18. The fraction of sp³-hybridized carbons (Fsp3) is 0.429. The predicted molar refractivity (Wildman–Crippen MR) is 77.7 cm³/mol. The Morgan fingerprint density at radius 3 is 2.52 bits per heavy atom. The Hall–Kier alpha value is -2.60. The van der Waals surface area contributed by atoms with E-state index >= 15 is 0 Å². The van der Waals surface area contributed by atoms with Crippen LogP contribution in [0.5, 0.6) is 0 Å². The number of halogens is 2. The number of hydrogen-bond acceptors (Lipinski definition) is 6. The van der Waals surface area contributed by atoms with Crippen LogP contribution in [0.3, 0.4) is 0 Å². The van der Waals surface area contributed by atoms with Crippen molar-refractivity contribution >= 4 is 5.82 Å². The highest BCUT2D eigenvalue weighted by molar-refractivity contribution is 5.49. The van der Waals surface area contributed by atoms with Gasteiger partial charge in [-0.05, 0) is 0 Å². The molecule has 3 rings (SSSR count). The molecule has 1 saturated heterocycles. The van der Waals surface area contributed by atoms with Gasteiger partial charge in [0.15, 0.2) is 11.5 Å². The summed E-state index contributed by atoms with van der Waals surface area (Å²) >= 11 is 0. The van der Waals surface area contributed by atoms with Crippen molar-refractivity contribution in [1.82, 2.24) is 24.4 Å². The molecule has 0 amide bonds. The molecule has 23 heavy (non-hydrogen) atoms. The molecule has 1 aliphatic heterocycles. The van der Waals surface area contributed by atoms with Crippen LogP contribution in [0.4, 0.5) is 14.6 Å². The molecule has 0 unspecified atom stereocenters. The van der Waals surface area contributed by atoms with Gasteiger partial charge >= 0.3 is 6.55 Å². The quantitative estimate of drug-likeness (QED) is 0.845. The van der Waals surface area contributed by atoms with Crippen molar-refractivity contribution < 1.29 is 8.78 Å². The minimum atomic E-state index is -2.58. The lowest BCUT2D eigenvalue weighted by Crippen LogP contribution is -2.46. The number of piperazine rings is 1. The maximum atomic E-state index is 12.8. The third-order valence-corrected chi connectivity index (χ3v) is 3.78. The number of nitriles is 1. The van der Waals surface area contributed by atoms with E-state index in [9.17, 15) is 8.78 Å². The summed E-state index contributed by atoms with van der Waals surface area (Å²) in [5, 5.41) is 9.08. The molecule has 9 heteroatoms. The van der Waals surface area contributed by atoms with Crippen molar-refractivity contribution in [2.24, 2.45) is 0 Å². The SMILES string of the molecule is N#Cc1nccnc1N1CCN(Cc2nccn2C(F)F)CC1. The van der Waals surface area contributed by atoms with Crippen LogP contribution in [0.15, 0.2) is 24.8 Å².